The van der Waals surface area contributed by atoms with E-state index in [0.29, 0.717) is 0 Å². The van der Waals surface area contributed by atoms with Crippen molar-refractivity contribution in [1.29, 1.82) is 0 Å². The van der Waals surface area contributed by atoms with Gasteiger partial charge in [-0.25, -0.2) is 4.21 Å². The molecular formula is C16H16OS. The summed E-state index contributed by atoms with van der Waals surface area (Å²) in [5.41, 5.74) is 3.39. The average Bonchev–Trinajstić information content (AvgIpc) is 2.40. The van der Waals surface area contributed by atoms with Gasteiger partial charge in [0, 0.05) is 10.3 Å². The van der Waals surface area contributed by atoms with E-state index in [1.54, 1.807) is 5.41 Å². The summed E-state index contributed by atoms with van der Waals surface area (Å²) in [6.45, 7) is 4.05. The van der Waals surface area contributed by atoms with E-state index in [4.69, 9.17) is 0 Å². The lowest BCUT2D eigenvalue weighted by atomic mass is 10.1. The number of hydrogen-bond donors (Lipinski definition) is 0. The molecular weight excluding hydrogens is 240 g/mol. The summed E-state index contributed by atoms with van der Waals surface area (Å²) in [6, 6.07) is 17.8. The molecule has 2 aromatic rings. The second kappa shape index (κ2) is 5.78. The van der Waals surface area contributed by atoms with E-state index >= 15 is 0 Å². The summed E-state index contributed by atoms with van der Waals surface area (Å²) < 4.78 is 12.1. The number of hydrogen-bond acceptors (Lipinski definition) is 1. The van der Waals surface area contributed by atoms with Crippen LogP contribution in [0.5, 0.6) is 0 Å². The smallest absolute Gasteiger partial charge is 0.0778 e. The molecule has 92 valence electrons. The first-order chi connectivity index (χ1) is 8.66. The van der Waals surface area contributed by atoms with Crippen LogP contribution in [0.2, 0.25) is 0 Å². The largest absolute Gasteiger partial charge is 0.250 e. The van der Waals surface area contributed by atoms with Gasteiger partial charge >= 0.3 is 0 Å². The molecule has 18 heavy (non-hydrogen) atoms. The van der Waals surface area contributed by atoms with Gasteiger partial charge in [0.05, 0.1) is 10.8 Å². The zero-order valence-corrected chi connectivity index (χ0v) is 11.4. The second-order valence-electron chi connectivity index (χ2n) is 4.28. The van der Waals surface area contributed by atoms with Gasteiger partial charge in [0.15, 0.2) is 0 Å². The minimum absolute atomic E-state index is 0.837. The molecule has 1 atom stereocenters. The van der Waals surface area contributed by atoms with Gasteiger partial charge in [-0.2, -0.15) is 0 Å². The fourth-order valence-corrected chi connectivity index (χ4v) is 2.69. The highest BCUT2D eigenvalue weighted by Gasteiger charge is 2.01. The van der Waals surface area contributed by atoms with Crippen LogP contribution < -0.4 is 0 Å². The van der Waals surface area contributed by atoms with Gasteiger partial charge < -0.3 is 0 Å². The lowest BCUT2D eigenvalue weighted by Gasteiger charge is -2.03. The van der Waals surface area contributed by atoms with Crippen molar-refractivity contribution in [2.45, 2.75) is 18.7 Å². The first-order valence-corrected chi connectivity index (χ1v) is 7.09. The molecule has 0 amide bonds. The second-order valence-corrected chi connectivity index (χ2v) is 5.58. The third-order valence-corrected chi connectivity index (χ3v) is 4.07. The minimum Gasteiger partial charge on any atom is -0.250 e. The van der Waals surface area contributed by atoms with Crippen molar-refractivity contribution >= 4 is 16.4 Å². The molecule has 0 fully saturated rings. The zero-order valence-electron chi connectivity index (χ0n) is 10.6. The van der Waals surface area contributed by atoms with Gasteiger partial charge in [0.2, 0.25) is 0 Å². The van der Waals surface area contributed by atoms with Crippen LogP contribution in [0.1, 0.15) is 18.1 Å². The Bertz CT molecular complexity index is 568. The standard InChI is InChI=1S/C16H16OS/c1-13-8-10-15(11-9-13)14(2)12-18(17)16-6-4-3-5-7-16/h3-12H,1-2H3/b14-12+. The quantitative estimate of drug-likeness (QED) is 0.805. The molecule has 0 aliphatic heterocycles. The third kappa shape index (κ3) is 3.17. The molecule has 0 aliphatic carbocycles. The molecule has 0 spiro atoms. The van der Waals surface area contributed by atoms with Gasteiger partial charge in [-0.15, -0.1) is 0 Å². The molecule has 0 aliphatic rings. The van der Waals surface area contributed by atoms with E-state index < -0.39 is 10.8 Å². The van der Waals surface area contributed by atoms with Crippen molar-refractivity contribution in [3.8, 4) is 0 Å². The molecule has 1 nitrogen and oxygen atoms in total. The first kappa shape index (κ1) is 12.8. The highest BCUT2D eigenvalue weighted by atomic mass is 32.2. The highest BCUT2D eigenvalue weighted by Crippen LogP contribution is 2.17. The molecule has 2 heteroatoms. The van der Waals surface area contributed by atoms with Crippen LogP contribution in [0.25, 0.3) is 5.57 Å². The van der Waals surface area contributed by atoms with Crippen LogP contribution in [0, 0.1) is 6.92 Å². The zero-order chi connectivity index (χ0) is 13.0. The van der Waals surface area contributed by atoms with Gasteiger partial charge in [-0.3, -0.25) is 0 Å². The Labute approximate surface area is 111 Å². The van der Waals surface area contributed by atoms with Crippen LogP contribution in [-0.2, 0) is 10.8 Å². The molecule has 0 heterocycles. The third-order valence-electron chi connectivity index (χ3n) is 2.77. The lowest BCUT2D eigenvalue weighted by Crippen LogP contribution is -1.88. The molecule has 2 aromatic carbocycles. The SMILES string of the molecule is C/C(=C\S(=O)c1ccccc1)c1ccc(C)cc1. The van der Waals surface area contributed by atoms with Crippen molar-refractivity contribution in [3.05, 3.63) is 71.1 Å². The summed E-state index contributed by atoms with van der Waals surface area (Å²) in [5, 5.41) is 1.81. The van der Waals surface area contributed by atoms with Crippen LogP contribution in [0.3, 0.4) is 0 Å². The van der Waals surface area contributed by atoms with E-state index in [0.717, 1.165) is 16.0 Å². The van der Waals surface area contributed by atoms with Crippen LogP contribution in [0.4, 0.5) is 0 Å². The minimum atomic E-state index is -1.08. The predicted molar refractivity (Wildman–Crippen MR) is 77.7 cm³/mol. The predicted octanol–water partition coefficient (Wildman–Crippen LogP) is 4.16. The normalized spacial score (nSPS) is 13.3. The van der Waals surface area contributed by atoms with E-state index in [-0.39, 0.29) is 0 Å². The first-order valence-electron chi connectivity index (χ1n) is 5.88. The molecule has 2 rings (SSSR count). The fraction of sp³-hybridized carbons (Fsp3) is 0.125. The van der Waals surface area contributed by atoms with Crippen molar-refractivity contribution < 1.29 is 4.21 Å². The number of rotatable bonds is 3. The number of allylic oxidation sites excluding steroid dienone is 1. The maximum atomic E-state index is 12.1. The molecule has 1 unspecified atom stereocenters. The monoisotopic (exact) mass is 256 g/mol. The van der Waals surface area contributed by atoms with Crippen LogP contribution >= 0.6 is 0 Å². The summed E-state index contributed by atoms with van der Waals surface area (Å²) >= 11 is 0. The molecule has 0 saturated heterocycles. The Balaban J connectivity index is 2.23. The Kier molecular flexibility index (Phi) is 4.11. The maximum absolute atomic E-state index is 12.1. The summed E-state index contributed by atoms with van der Waals surface area (Å²) in [7, 11) is -1.08. The Hall–Kier alpha value is -1.67. The molecule has 0 radical (unpaired) electrons. The summed E-state index contributed by atoms with van der Waals surface area (Å²) in [4.78, 5) is 0.837. The van der Waals surface area contributed by atoms with Crippen molar-refractivity contribution in [2.75, 3.05) is 0 Å². The molecule has 0 bridgehead atoms. The molecule has 0 aromatic heterocycles. The number of aryl methyl sites for hydroxylation is 1. The van der Waals surface area contributed by atoms with Crippen molar-refractivity contribution in [1.82, 2.24) is 0 Å². The van der Waals surface area contributed by atoms with Crippen molar-refractivity contribution in [3.63, 3.8) is 0 Å². The van der Waals surface area contributed by atoms with E-state index in [1.165, 1.54) is 5.56 Å². The van der Waals surface area contributed by atoms with Crippen molar-refractivity contribution in [2.24, 2.45) is 0 Å². The Morgan fingerprint density at radius 1 is 1.00 bits per heavy atom. The topological polar surface area (TPSA) is 17.1 Å². The van der Waals surface area contributed by atoms with E-state index in [1.807, 2.05) is 37.3 Å². The van der Waals surface area contributed by atoms with Gasteiger partial charge in [0.1, 0.15) is 0 Å². The fourth-order valence-electron chi connectivity index (χ4n) is 1.67. The maximum Gasteiger partial charge on any atom is 0.0778 e. The highest BCUT2D eigenvalue weighted by molar-refractivity contribution is 7.88. The summed E-state index contributed by atoms with van der Waals surface area (Å²) in [6.07, 6.45) is 0. The number of benzene rings is 2. The van der Waals surface area contributed by atoms with Gasteiger partial charge in [-0.05, 0) is 37.1 Å². The van der Waals surface area contributed by atoms with E-state index in [9.17, 15) is 4.21 Å². The average molecular weight is 256 g/mol. The van der Waals surface area contributed by atoms with Crippen LogP contribution in [-0.4, -0.2) is 4.21 Å². The van der Waals surface area contributed by atoms with Crippen LogP contribution in [0.15, 0.2) is 64.9 Å². The Morgan fingerprint density at radius 3 is 2.22 bits per heavy atom. The van der Waals surface area contributed by atoms with E-state index in [2.05, 4.69) is 31.2 Å². The molecule has 0 saturated carbocycles. The lowest BCUT2D eigenvalue weighted by molar-refractivity contribution is 0.688. The Morgan fingerprint density at radius 2 is 1.61 bits per heavy atom. The summed E-state index contributed by atoms with van der Waals surface area (Å²) in [5.74, 6) is 0. The van der Waals surface area contributed by atoms with Gasteiger partial charge in [0.25, 0.3) is 0 Å². The van der Waals surface area contributed by atoms with Gasteiger partial charge in [-0.1, -0.05) is 48.0 Å². The molecule has 0 N–H and O–H groups in total.